The SMILES string of the molecule is COC(=O)c1c[nH]c(=O)c(NC(=O)c2cnn(-c3ccccc3F)c2C(F)(F)F)c1. The summed E-state index contributed by atoms with van der Waals surface area (Å²) in [5, 5.41) is 5.49. The van der Waals surface area contributed by atoms with E-state index in [1.807, 2.05) is 5.32 Å². The molecular weight excluding hydrogens is 412 g/mol. The van der Waals surface area contributed by atoms with Crippen LogP contribution in [0.15, 0.2) is 47.5 Å². The number of ether oxygens (including phenoxy) is 1. The molecule has 0 saturated carbocycles. The summed E-state index contributed by atoms with van der Waals surface area (Å²) in [5.74, 6) is -3.16. The summed E-state index contributed by atoms with van der Waals surface area (Å²) in [6.45, 7) is 0. The van der Waals surface area contributed by atoms with Crippen molar-refractivity contribution in [2.75, 3.05) is 12.4 Å². The van der Waals surface area contributed by atoms with E-state index in [0.717, 1.165) is 31.5 Å². The van der Waals surface area contributed by atoms with Gasteiger partial charge in [-0.25, -0.2) is 13.9 Å². The number of nitrogens with zero attached hydrogens (tertiary/aromatic N) is 2. The number of halogens is 4. The van der Waals surface area contributed by atoms with Crippen LogP contribution in [0.25, 0.3) is 5.69 Å². The van der Waals surface area contributed by atoms with E-state index < -0.39 is 52.1 Å². The van der Waals surface area contributed by atoms with E-state index in [2.05, 4.69) is 14.8 Å². The summed E-state index contributed by atoms with van der Waals surface area (Å²) in [6, 6.07) is 5.53. The molecule has 0 fully saturated rings. The summed E-state index contributed by atoms with van der Waals surface area (Å²) in [4.78, 5) is 38.1. The molecule has 0 spiro atoms. The highest BCUT2D eigenvalue weighted by molar-refractivity contribution is 6.05. The number of nitrogens with one attached hydrogen (secondary N) is 2. The Morgan fingerprint density at radius 1 is 1.23 bits per heavy atom. The standard InChI is InChI=1S/C18H12F4N4O4/c1-30-17(29)9-6-12(16(28)23-7-9)25-15(27)10-8-24-26(14(10)18(20,21)22)13-5-3-2-4-11(13)19/h2-8H,1H3,(H,23,28)(H,25,27). The number of methoxy groups -OCH3 is 1. The van der Waals surface area contributed by atoms with E-state index in [-0.39, 0.29) is 10.2 Å². The first-order valence-corrected chi connectivity index (χ1v) is 8.16. The molecule has 30 heavy (non-hydrogen) atoms. The van der Waals surface area contributed by atoms with E-state index in [9.17, 15) is 31.9 Å². The van der Waals surface area contributed by atoms with Crippen molar-refractivity contribution in [3.8, 4) is 5.69 Å². The lowest BCUT2D eigenvalue weighted by Gasteiger charge is -2.13. The van der Waals surface area contributed by atoms with Crippen LogP contribution < -0.4 is 10.9 Å². The fourth-order valence-electron chi connectivity index (χ4n) is 2.60. The summed E-state index contributed by atoms with van der Waals surface area (Å²) < 4.78 is 59.7. The van der Waals surface area contributed by atoms with Crippen molar-refractivity contribution in [2.45, 2.75) is 6.18 Å². The number of carbonyl (C=O) groups excluding carboxylic acids is 2. The number of esters is 1. The van der Waals surface area contributed by atoms with Crippen molar-refractivity contribution < 1.29 is 31.9 Å². The smallest absolute Gasteiger partial charge is 0.434 e. The van der Waals surface area contributed by atoms with Gasteiger partial charge in [-0.2, -0.15) is 18.3 Å². The fourth-order valence-corrected chi connectivity index (χ4v) is 2.60. The molecule has 1 amide bonds. The van der Waals surface area contributed by atoms with Gasteiger partial charge in [-0.05, 0) is 18.2 Å². The number of hydrogen-bond acceptors (Lipinski definition) is 5. The lowest BCUT2D eigenvalue weighted by atomic mass is 10.2. The van der Waals surface area contributed by atoms with Crippen LogP contribution >= 0.6 is 0 Å². The van der Waals surface area contributed by atoms with Crippen LogP contribution in [0.5, 0.6) is 0 Å². The first kappa shape index (κ1) is 20.8. The Morgan fingerprint density at radius 2 is 1.93 bits per heavy atom. The molecule has 2 aromatic heterocycles. The van der Waals surface area contributed by atoms with Crippen molar-refractivity contribution in [3.05, 3.63) is 75.7 Å². The Kier molecular flexibility index (Phi) is 5.41. The lowest BCUT2D eigenvalue weighted by molar-refractivity contribution is -0.143. The molecule has 3 rings (SSSR count). The highest BCUT2D eigenvalue weighted by Gasteiger charge is 2.41. The minimum Gasteiger partial charge on any atom is -0.465 e. The van der Waals surface area contributed by atoms with Crippen LogP contribution in [0.4, 0.5) is 23.2 Å². The average Bonchev–Trinajstić information content (AvgIpc) is 3.15. The van der Waals surface area contributed by atoms with E-state index in [4.69, 9.17) is 0 Å². The molecule has 0 radical (unpaired) electrons. The molecule has 1 aromatic carbocycles. The van der Waals surface area contributed by atoms with Gasteiger partial charge in [0.1, 0.15) is 17.2 Å². The molecule has 156 valence electrons. The second kappa shape index (κ2) is 7.81. The number of amides is 1. The number of rotatable bonds is 4. The Hall–Kier alpha value is -3.96. The van der Waals surface area contributed by atoms with Gasteiger partial charge in [-0.15, -0.1) is 0 Å². The molecule has 0 unspecified atom stereocenters. The molecular formula is C18H12F4N4O4. The normalized spacial score (nSPS) is 11.2. The van der Waals surface area contributed by atoms with Crippen LogP contribution in [-0.4, -0.2) is 33.8 Å². The zero-order valence-electron chi connectivity index (χ0n) is 15.1. The van der Waals surface area contributed by atoms with Crippen LogP contribution in [0.3, 0.4) is 0 Å². The number of pyridine rings is 1. The number of aromatic amines is 1. The fraction of sp³-hybridized carbons (Fsp3) is 0.111. The number of para-hydroxylation sites is 1. The predicted octanol–water partition coefficient (Wildman–Crippen LogP) is 2.76. The highest BCUT2D eigenvalue weighted by Crippen LogP contribution is 2.34. The molecule has 8 nitrogen and oxygen atoms in total. The van der Waals surface area contributed by atoms with Crippen LogP contribution in [-0.2, 0) is 10.9 Å². The van der Waals surface area contributed by atoms with Gasteiger partial charge in [-0.3, -0.25) is 9.59 Å². The summed E-state index contributed by atoms with van der Waals surface area (Å²) in [6.07, 6.45) is -3.46. The topological polar surface area (TPSA) is 106 Å². The van der Waals surface area contributed by atoms with E-state index in [1.54, 1.807) is 0 Å². The Labute approximate surface area is 165 Å². The van der Waals surface area contributed by atoms with E-state index in [1.165, 1.54) is 12.1 Å². The summed E-state index contributed by atoms with van der Waals surface area (Å²) in [5.41, 5.74) is -4.51. The average molecular weight is 424 g/mol. The molecule has 3 aromatic rings. The van der Waals surface area contributed by atoms with Crippen molar-refractivity contribution in [1.29, 1.82) is 0 Å². The molecule has 0 bridgehead atoms. The first-order chi connectivity index (χ1) is 14.1. The molecule has 0 aliphatic rings. The maximum absolute atomic E-state index is 14.0. The van der Waals surface area contributed by atoms with Crippen molar-refractivity contribution in [3.63, 3.8) is 0 Å². The molecule has 0 saturated heterocycles. The monoisotopic (exact) mass is 424 g/mol. The van der Waals surface area contributed by atoms with Crippen LogP contribution in [0.1, 0.15) is 26.4 Å². The quantitative estimate of drug-likeness (QED) is 0.495. The molecule has 2 heterocycles. The molecule has 2 N–H and O–H groups in total. The second-order valence-electron chi connectivity index (χ2n) is 5.84. The van der Waals surface area contributed by atoms with Gasteiger partial charge >= 0.3 is 12.1 Å². The van der Waals surface area contributed by atoms with Gasteiger partial charge in [0.15, 0.2) is 5.69 Å². The second-order valence-corrected chi connectivity index (χ2v) is 5.84. The molecule has 0 aliphatic carbocycles. The molecule has 12 heteroatoms. The minimum atomic E-state index is -5.08. The number of alkyl halides is 3. The van der Waals surface area contributed by atoms with E-state index in [0.29, 0.717) is 6.20 Å². The lowest BCUT2D eigenvalue weighted by Crippen LogP contribution is -2.24. The number of benzene rings is 1. The number of anilines is 1. The maximum Gasteiger partial charge on any atom is 0.434 e. The van der Waals surface area contributed by atoms with Gasteiger partial charge in [0.2, 0.25) is 0 Å². The summed E-state index contributed by atoms with van der Waals surface area (Å²) >= 11 is 0. The van der Waals surface area contributed by atoms with Gasteiger partial charge in [-0.1, -0.05) is 12.1 Å². The van der Waals surface area contributed by atoms with E-state index >= 15 is 0 Å². The summed E-state index contributed by atoms with van der Waals surface area (Å²) in [7, 11) is 1.08. The van der Waals surface area contributed by atoms with Crippen molar-refractivity contribution >= 4 is 17.6 Å². The number of H-pyrrole nitrogens is 1. The Bertz CT molecular complexity index is 1180. The number of carbonyl (C=O) groups is 2. The molecule has 0 atom stereocenters. The third-order valence-electron chi connectivity index (χ3n) is 3.94. The Balaban J connectivity index is 2.05. The van der Waals surface area contributed by atoms with Gasteiger partial charge in [0, 0.05) is 6.20 Å². The van der Waals surface area contributed by atoms with Crippen LogP contribution in [0, 0.1) is 5.82 Å². The third-order valence-corrected chi connectivity index (χ3v) is 3.94. The number of aromatic nitrogens is 3. The van der Waals surface area contributed by atoms with Gasteiger partial charge in [0.25, 0.3) is 11.5 Å². The zero-order chi connectivity index (χ0) is 22.1. The van der Waals surface area contributed by atoms with Crippen LogP contribution in [0.2, 0.25) is 0 Å². The zero-order valence-corrected chi connectivity index (χ0v) is 15.1. The third kappa shape index (κ3) is 3.92. The Morgan fingerprint density at radius 3 is 2.57 bits per heavy atom. The molecule has 0 aliphatic heterocycles. The highest BCUT2D eigenvalue weighted by atomic mass is 19.4. The van der Waals surface area contributed by atoms with Gasteiger partial charge in [0.05, 0.1) is 24.4 Å². The van der Waals surface area contributed by atoms with Gasteiger partial charge < -0.3 is 15.0 Å². The first-order valence-electron chi connectivity index (χ1n) is 8.16. The van der Waals surface area contributed by atoms with Crippen molar-refractivity contribution in [2.24, 2.45) is 0 Å². The maximum atomic E-state index is 14.0. The number of hydrogen-bond donors (Lipinski definition) is 2. The predicted molar refractivity (Wildman–Crippen MR) is 94.9 cm³/mol. The largest absolute Gasteiger partial charge is 0.465 e. The minimum absolute atomic E-state index is 0.148. The van der Waals surface area contributed by atoms with Crippen molar-refractivity contribution in [1.82, 2.24) is 14.8 Å².